The Hall–Kier alpha value is -0.570. The summed E-state index contributed by atoms with van der Waals surface area (Å²) in [6.07, 6.45) is 13.9. The fourth-order valence-electron chi connectivity index (χ4n) is 5.46. The summed E-state index contributed by atoms with van der Waals surface area (Å²) in [5.41, 5.74) is 0. The highest BCUT2D eigenvalue weighted by molar-refractivity contribution is 5.79. The van der Waals surface area contributed by atoms with Gasteiger partial charge in [-0.2, -0.15) is 0 Å². The van der Waals surface area contributed by atoms with Crippen LogP contribution in [-0.2, 0) is 4.79 Å². The van der Waals surface area contributed by atoms with Gasteiger partial charge < -0.3 is 10.4 Å². The summed E-state index contributed by atoms with van der Waals surface area (Å²) in [7, 11) is 0. The van der Waals surface area contributed by atoms with Crippen LogP contribution in [0.4, 0.5) is 0 Å². The molecular weight excluding hydrogens is 286 g/mol. The molecular formula is C20H35NO2. The van der Waals surface area contributed by atoms with Crippen molar-refractivity contribution in [3.63, 3.8) is 0 Å². The smallest absolute Gasteiger partial charge is 0.225 e. The predicted molar refractivity (Wildman–Crippen MR) is 93.0 cm³/mol. The second-order valence-corrected chi connectivity index (χ2v) is 8.46. The molecule has 0 aromatic heterocycles. The summed E-state index contributed by atoms with van der Waals surface area (Å²) in [6, 6.07) is 0.354. The molecule has 2 N–H and O–H groups in total. The topological polar surface area (TPSA) is 49.3 Å². The molecule has 3 nitrogen and oxygen atoms in total. The molecule has 3 rings (SSSR count). The third kappa shape index (κ3) is 4.29. The van der Waals surface area contributed by atoms with Gasteiger partial charge in [-0.1, -0.05) is 45.4 Å². The lowest BCUT2D eigenvalue weighted by molar-refractivity contribution is -0.134. The first-order valence-electron chi connectivity index (χ1n) is 10.2. The molecule has 3 fully saturated rings. The van der Waals surface area contributed by atoms with Crippen molar-refractivity contribution in [1.82, 2.24) is 5.32 Å². The zero-order chi connectivity index (χ0) is 16.2. The molecule has 0 aromatic rings. The van der Waals surface area contributed by atoms with Gasteiger partial charge in [-0.25, -0.2) is 0 Å². The van der Waals surface area contributed by atoms with Crippen LogP contribution in [-0.4, -0.2) is 23.2 Å². The summed E-state index contributed by atoms with van der Waals surface area (Å²) in [6.45, 7) is 2.26. The number of amides is 1. The molecule has 4 unspecified atom stereocenters. The molecule has 0 radical (unpaired) electrons. The van der Waals surface area contributed by atoms with Gasteiger partial charge in [0.15, 0.2) is 0 Å². The highest BCUT2D eigenvalue weighted by Crippen LogP contribution is 2.43. The van der Waals surface area contributed by atoms with Crippen molar-refractivity contribution in [2.75, 3.05) is 0 Å². The average molecular weight is 322 g/mol. The van der Waals surface area contributed by atoms with E-state index in [2.05, 4.69) is 12.2 Å². The van der Waals surface area contributed by atoms with Crippen molar-refractivity contribution >= 4 is 5.91 Å². The SMILES string of the molecule is CCCC1CCC(NC(=O)C2CC3CCCCC3CC2O)CC1. The number of carbonyl (C=O) groups is 1. The monoisotopic (exact) mass is 321 g/mol. The molecule has 1 amide bonds. The van der Waals surface area contributed by atoms with Crippen LogP contribution in [0.15, 0.2) is 0 Å². The summed E-state index contributed by atoms with van der Waals surface area (Å²) in [4.78, 5) is 12.7. The Morgan fingerprint density at radius 2 is 1.65 bits per heavy atom. The van der Waals surface area contributed by atoms with Crippen molar-refractivity contribution < 1.29 is 9.90 Å². The van der Waals surface area contributed by atoms with Gasteiger partial charge in [-0.3, -0.25) is 4.79 Å². The maximum Gasteiger partial charge on any atom is 0.225 e. The van der Waals surface area contributed by atoms with Gasteiger partial charge in [0.05, 0.1) is 12.0 Å². The number of carbonyl (C=O) groups excluding carboxylic acids is 1. The minimum Gasteiger partial charge on any atom is -0.392 e. The molecule has 3 aliphatic rings. The van der Waals surface area contributed by atoms with Gasteiger partial charge in [-0.15, -0.1) is 0 Å². The van der Waals surface area contributed by atoms with Gasteiger partial charge in [0.25, 0.3) is 0 Å². The maximum atomic E-state index is 12.7. The van der Waals surface area contributed by atoms with Gasteiger partial charge in [0.2, 0.25) is 5.91 Å². The lowest BCUT2D eigenvalue weighted by Gasteiger charge is -2.42. The molecule has 0 aliphatic heterocycles. The minimum atomic E-state index is -0.411. The number of hydrogen-bond acceptors (Lipinski definition) is 2. The largest absolute Gasteiger partial charge is 0.392 e. The molecule has 4 atom stereocenters. The van der Waals surface area contributed by atoms with Crippen LogP contribution in [0.2, 0.25) is 0 Å². The van der Waals surface area contributed by atoms with E-state index in [0.717, 1.165) is 31.6 Å². The number of nitrogens with one attached hydrogen (secondary N) is 1. The van der Waals surface area contributed by atoms with E-state index in [9.17, 15) is 9.90 Å². The van der Waals surface area contributed by atoms with Gasteiger partial charge >= 0.3 is 0 Å². The standard InChI is InChI=1S/C20H35NO2/c1-2-5-14-8-10-17(11-9-14)21-20(23)18-12-15-6-3-4-7-16(15)13-19(18)22/h14-19,22H,2-13H2,1H3,(H,21,23). The highest BCUT2D eigenvalue weighted by Gasteiger charge is 2.40. The molecule has 3 heteroatoms. The van der Waals surface area contributed by atoms with Crippen LogP contribution in [0, 0.1) is 23.7 Å². The third-order valence-corrected chi connectivity index (χ3v) is 6.86. The molecule has 0 heterocycles. The second kappa shape index (κ2) is 8.00. The van der Waals surface area contributed by atoms with E-state index in [1.807, 2.05) is 0 Å². The van der Waals surface area contributed by atoms with Gasteiger partial charge in [-0.05, 0) is 56.3 Å². The number of aliphatic hydroxyl groups is 1. The second-order valence-electron chi connectivity index (χ2n) is 8.46. The summed E-state index contributed by atoms with van der Waals surface area (Å²) < 4.78 is 0. The molecule has 132 valence electrons. The first-order valence-corrected chi connectivity index (χ1v) is 10.2. The van der Waals surface area contributed by atoms with Gasteiger partial charge in [0.1, 0.15) is 0 Å². The van der Waals surface area contributed by atoms with E-state index in [1.165, 1.54) is 51.4 Å². The zero-order valence-electron chi connectivity index (χ0n) is 14.8. The normalized spacial score (nSPS) is 41.1. The Labute approximate surface area is 141 Å². The fourth-order valence-corrected chi connectivity index (χ4v) is 5.46. The third-order valence-electron chi connectivity index (χ3n) is 6.86. The van der Waals surface area contributed by atoms with E-state index in [4.69, 9.17) is 0 Å². The lowest BCUT2D eigenvalue weighted by atomic mass is 9.66. The van der Waals surface area contributed by atoms with E-state index >= 15 is 0 Å². The zero-order valence-corrected chi connectivity index (χ0v) is 14.8. The van der Waals surface area contributed by atoms with Crippen LogP contribution in [0.3, 0.4) is 0 Å². The van der Waals surface area contributed by atoms with E-state index < -0.39 is 6.10 Å². The lowest BCUT2D eigenvalue weighted by Crippen LogP contribution is -2.48. The molecule has 23 heavy (non-hydrogen) atoms. The Morgan fingerprint density at radius 1 is 1.00 bits per heavy atom. The Kier molecular flexibility index (Phi) is 6.01. The molecule has 0 saturated heterocycles. The molecule has 0 bridgehead atoms. The van der Waals surface area contributed by atoms with Crippen molar-refractivity contribution in [1.29, 1.82) is 0 Å². The molecule has 0 aromatic carbocycles. The number of rotatable bonds is 4. The Balaban J connectivity index is 1.48. The fraction of sp³-hybridized carbons (Fsp3) is 0.950. The van der Waals surface area contributed by atoms with E-state index in [-0.39, 0.29) is 11.8 Å². The number of fused-ring (bicyclic) bond motifs is 1. The van der Waals surface area contributed by atoms with Crippen LogP contribution >= 0.6 is 0 Å². The van der Waals surface area contributed by atoms with Crippen molar-refractivity contribution in [2.45, 2.75) is 96.1 Å². The average Bonchev–Trinajstić information content (AvgIpc) is 2.56. The minimum absolute atomic E-state index is 0.139. The van der Waals surface area contributed by atoms with Gasteiger partial charge in [0, 0.05) is 6.04 Å². The molecule has 3 aliphatic carbocycles. The maximum absolute atomic E-state index is 12.7. The number of hydrogen-bond donors (Lipinski definition) is 2. The number of aliphatic hydroxyl groups excluding tert-OH is 1. The van der Waals surface area contributed by atoms with Crippen LogP contribution in [0.25, 0.3) is 0 Å². The predicted octanol–water partition coefficient (Wildman–Crippen LogP) is 4.04. The summed E-state index contributed by atoms with van der Waals surface area (Å²) >= 11 is 0. The first-order chi connectivity index (χ1) is 11.2. The first kappa shape index (κ1) is 17.3. The highest BCUT2D eigenvalue weighted by atomic mass is 16.3. The quantitative estimate of drug-likeness (QED) is 0.821. The van der Waals surface area contributed by atoms with E-state index in [1.54, 1.807) is 0 Å². The summed E-state index contributed by atoms with van der Waals surface area (Å²) in [5.74, 6) is 2.22. The molecule has 3 saturated carbocycles. The van der Waals surface area contributed by atoms with E-state index in [0.29, 0.717) is 17.9 Å². The Morgan fingerprint density at radius 3 is 2.30 bits per heavy atom. The summed E-state index contributed by atoms with van der Waals surface area (Å²) in [5, 5.41) is 13.7. The van der Waals surface area contributed by atoms with Crippen LogP contribution in [0.5, 0.6) is 0 Å². The van der Waals surface area contributed by atoms with Crippen molar-refractivity contribution in [3.8, 4) is 0 Å². The Bertz CT molecular complexity index is 389. The van der Waals surface area contributed by atoms with Crippen molar-refractivity contribution in [3.05, 3.63) is 0 Å². The van der Waals surface area contributed by atoms with Crippen LogP contribution < -0.4 is 5.32 Å². The van der Waals surface area contributed by atoms with Crippen LogP contribution in [0.1, 0.15) is 84.0 Å². The molecule has 0 spiro atoms. The van der Waals surface area contributed by atoms with Crippen molar-refractivity contribution in [2.24, 2.45) is 23.7 Å².